The molecule has 0 amide bonds. The van der Waals surface area contributed by atoms with Crippen molar-refractivity contribution in [2.75, 3.05) is 26.4 Å². The van der Waals surface area contributed by atoms with Crippen LogP contribution in [0, 0.1) is 0 Å². The zero-order chi connectivity index (χ0) is 41.8. The summed E-state index contributed by atoms with van der Waals surface area (Å²) in [6.07, 6.45) is 28.4. The molecule has 1 heterocycles. The van der Waals surface area contributed by atoms with Crippen molar-refractivity contribution in [2.45, 2.75) is 250 Å². The molecule has 0 aromatic heterocycles. The maximum absolute atomic E-state index is 12.8. The Bertz CT molecular complexity index is 1020. The Morgan fingerprint density at radius 1 is 0.596 bits per heavy atom. The molecular weight excluding hydrogens is 753 g/mol. The first kappa shape index (κ1) is 54.1. The lowest BCUT2D eigenvalue weighted by atomic mass is 9.99. The van der Waals surface area contributed by atoms with E-state index in [-0.39, 0.29) is 19.6 Å². The van der Waals surface area contributed by atoms with Crippen LogP contribution in [0.2, 0.25) is 0 Å². The summed E-state index contributed by atoms with van der Waals surface area (Å²) in [7, 11) is -5.05. The van der Waals surface area contributed by atoms with Gasteiger partial charge in [-0.3, -0.25) is 9.35 Å². The molecule has 340 valence electrons. The third-order valence-corrected chi connectivity index (χ3v) is 11.4. The van der Waals surface area contributed by atoms with Crippen LogP contribution in [0.3, 0.4) is 0 Å². The molecule has 1 fully saturated rings. The van der Waals surface area contributed by atoms with Crippen molar-refractivity contribution in [1.29, 1.82) is 0 Å². The molecule has 1 aliphatic rings. The molecule has 6 atom stereocenters. The van der Waals surface area contributed by atoms with Crippen LogP contribution in [0.15, 0.2) is 0 Å². The second-order valence-electron chi connectivity index (χ2n) is 16.4. The molecular formula is C44H86O12S. The van der Waals surface area contributed by atoms with Crippen LogP contribution in [0.4, 0.5) is 0 Å². The summed E-state index contributed by atoms with van der Waals surface area (Å²) >= 11 is 0. The highest BCUT2D eigenvalue weighted by Gasteiger charge is 2.48. The zero-order valence-electron chi connectivity index (χ0n) is 36.2. The predicted octanol–water partition coefficient (Wildman–Crippen LogP) is 9.69. The van der Waals surface area contributed by atoms with Gasteiger partial charge in [-0.1, -0.05) is 194 Å². The zero-order valence-corrected chi connectivity index (χ0v) is 37.0. The van der Waals surface area contributed by atoms with Crippen molar-refractivity contribution in [3.63, 3.8) is 0 Å². The van der Waals surface area contributed by atoms with E-state index in [1.807, 2.05) is 0 Å². The van der Waals surface area contributed by atoms with E-state index in [2.05, 4.69) is 18.0 Å². The number of hydrogen-bond donors (Lipinski definition) is 4. The highest BCUT2D eigenvalue weighted by atomic mass is 32.3. The van der Waals surface area contributed by atoms with Gasteiger partial charge in [0.05, 0.1) is 19.8 Å². The monoisotopic (exact) mass is 839 g/mol. The molecule has 6 unspecified atom stereocenters. The van der Waals surface area contributed by atoms with Crippen molar-refractivity contribution in [2.24, 2.45) is 0 Å². The summed E-state index contributed by atoms with van der Waals surface area (Å²) in [5, 5.41) is 30.6. The van der Waals surface area contributed by atoms with Gasteiger partial charge in [0, 0.05) is 13.0 Å². The van der Waals surface area contributed by atoms with Gasteiger partial charge >= 0.3 is 16.4 Å². The molecule has 1 rings (SSSR count). The van der Waals surface area contributed by atoms with Crippen LogP contribution in [0.5, 0.6) is 0 Å². The van der Waals surface area contributed by atoms with E-state index in [1.165, 1.54) is 148 Å². The minimum atomic E-state index is -5.05. The Hall–Kier alpha value is -0.900. The first-order valence-corrected chi connectivity index (χ1v) is 24.7. The van der Waals surface area contributed by atoms with Crippen molar-refractivity contribution in [3.05, 3.63) is 0 Å². The maximum atomic E-state index is 12.8. The van der Waals surface area contributed by atoms with Crippen molar-refractivity contribution >= 4 is 16.4 Å². The summed E-state index contributed by atoms with van der Waals surface area (Å²) in [6, 6.07) is 0. The van der Waals surface area contributed by atoms with Crippen molar-refractivity contribution < 1.29 is 56.2 Å². The Kier molecular flexibility index (Phi) is 35.0. The largest absolute Gasteiger partial charge is 0.457 e. The lowest BCUT2D eigenvalue weighted by molar-refractivity contribution is -0.301. The Labute approximate surface area is 347 Å². The first-order chi connectivity index (χ1) is 27.6. The molecule has 13 heteroatoms. The molecule has 1 saturated heterocycles. The number of unbranched alkanes of at least 4 members (excludes halogenated alkanes) is 28. The molecule has 0 saturated carbocycles. The minimum Gasteiger partial charge on any atom is -0.457 e. The molecule has 0 aliphatic carbocycles. The lowest BCUT2D eigenvalue weighted by Gasteiger charge is -2.41. The number of aliphatic hydroxyl groups is 3. The predicted molar refractivity (Wildman–Crippen MR) is 225 cm³/mol. The average Bonchev–Trinajstić information content (AvgIpc) is 3.18. The van der Waals surface area contributed by atoms with E-state index < -0.39 is 59.8 Å². The molecule has 0 aromatic rings. The van der Waals surface area contributed by atoms with Crippen LogP contribution in [0.1, 0.15) is 213 Å². The SMILES string of the molecule is CCCCCCCCCCCCCCCCCCOCC(COC1OC(CO)C(O)C(OS(=O)(=O)O)C1O)OC(=O)CCCCCCCCCCCCCCCC. The van der Waals surface area contributed by atoms with Gasteiger partial charge in [0.25, 0.3) is 0 Å². The van der Waals surface area contributed by atoms with Crippen LogP contribution in [-0.2, 0) is 38.3 Å². The number of hydrogen-bond acceptors (Lipinski definition) is 11. The van der Waals surface area contributed by atoms with Gasteiger partial charge in [-0.25, -0.2) is 4.18 Å². The van der Waals surface area contributed by atoms with E-state index in [0.29, 0.717) is 13.0 Å². The quantitative estimate of drug-likeness (QED) is 0.0261. The van der Waals surface area contributed by atoms with E-state index in [0.717, 1.165) is 38.5 Å². The molecule has 57 heavy (non-hydrogen) atoms. The molecule has 4 N–H and O–H groups in total. The number of carbonyl (C=O) groups is 1. The maximum Gasteiger partial charge on any atom is 0.397 e. The van der Waals surface area contributed by atoms with E-state index in [4.69, 9.17) is 23.5 Å². The van der Waals surface area contributed by atoms with Crippen LogP contribution in [-0.4, -0.2) is 97.5 Å². The van der Waals surface area contributed by atoms with E-state index in [1.54, 1.807) is 0 Å². The summed E-state index contributed by atoms with van der Waals surface area (Å²) in [6.45, 7) is 4.03. The van der Waals surface area contributed by atoms with E-state index in [9.17, 15) is 28.5 Å². The standard InChI is InChI=1S/C44H86O12S/c1-3-5-7-9-11-13-15-17-19-20-22-24-26-28-30-32-34-52-36-38(37-53-44-42(48)43(56-57(49,50)51)41(47)39(35-45)55-44)54-40(46)33-31-29-27-25-23-21-18-16-14-12-10-8-6-4-2/h38-39,41-45,47-48H,3-37H2,1-2H3,(H,49,50,51). The van der Waals surface area contributed by atoms with Gasteiger partial charge in [-0.15, -0.1) is 0 Å². The Balaban J connectivity index is 2.40. The number of rotatable bonds is 41. The molecule has 1 aliphatic heterocycles. The van der Waals surface area contributed by atoms with E-state index >= 15 is 0 Å². The molecule has 0 bridgehead atoms. The molecule has 12 nitrogen and oxygen atoms in total. The van der Waals surface area contributed by atoms with Crippen molar-refractivity contribution in [3.8, 4) is 0 Å². The second-order valence-corrected chi connectivity index (χ2v) is 17.4. The Morgan fingerprint density at radius 3 is 1.40 bits per heavy atom. The Morgan fingerprint density at radius 2 is 1.00 bits per heavy atom. The average molecular weight is 839 g/mol. The fourth-order valence-corrected chi connectivity index (χ4v) is 7.95. The van der Waals surface area contributed by atoms with Gasteiger partial charge in [0.15, 0.2) is 6.29 Å². The fraction of sp³-hybridized carbons (Fsp3) is 0.977. The van der Waals surface area contributed by atoms with Crippen LogP contribution in [0.25, 0.3) is 0 Å². The second kappa shape index (κ2) is 36.9. The lowest BCUT2D eigenvalue weighted by Crippen LogP contribution is -2.60. The van der Waals surface area contributed by atoms with Gasteiger partial charge in [-0.05, 0) is 12.8 Å². The fourth-order valence-electron chi connectivity index (χ4n) is 7.44. The van der Waals surface area contributed by atoms with Gasteiger partial charge in [0.1, 0.15) is 30.5 Å². The highest BCUT2D eigenvalue weighted by Crippen LogP contribution is 2.26. The topological polar surface area (TPSA) is 178 Å². The van der Waals surface area contributed by atoms with Crippen molar-refractivity contribution in [1.82, 2.24) is 0 Å². The third kappa shape index (κ3) is 30.7. The molecule has 0 radical (unpaired) electrons. The summed E-state index contributed by atoms with van der Waals surface area (Å²) in [4.78, 5) is 12.8. The van der Waals surface area contributed by atoms with Gasteiger partial charge < -0.3 is 34.3 Å². The normalized spacial score (nSPS) is 20.6. The highest BCUT2D eigenvalue weighted by molar-refractivity contribution is 7.80. The summed E-state index contributed by atoms with van der Waals surface area (Å²) < 4.78 is 59.1. The number of esters is 1. The first-order valence-electron chi connectivity index (χ1n) is 23.3. The number of ether oxygens (including phenoxy) is 4. The van der Waals surface area contributed by atoms with Gasteiger partial charge in [0.2, 0.25) is 0 Å². The van der Waals surface area contributed by atoms with Gasteiger partial charge in [-0.2, -0.15) is 8.42 Å². The van der Waals surface area contributed by atoms with Crippen LogP contribution < -0.4 is 0 Å². The third-order valence-electron chi connectivity index (χ3n) is 11.0. The number of aliphatic hydroxyl groups excluding tert-OH is 3. The summed E-state index contributed by atoms with van der Waals surface area (Å²) in [5.74, 6) is -0.394. The number of carbonyl (C=O) groups excluding carboxylic acids is 1. The summed E-state index contributed by atoms with van der Waals surface area (Å²) in [5.41, 5.74) is 0. The molecule has 0 aromatic carbocycles. The van der Waals surface area contributed by atoms with Crippen LogP contribution >= 0.6 is 0 Å². The smallest absolute Gasteiger partial charge is 0.397 e. The molecule has 0 spiro atoms. The minimum absolute atomic E-state index is 0.0447.